The molecule has 2 aromatic rings. The van der Waals surface area contributed by atoms with Crippen LogP contribution in [-0.4, -0.2) is 38.6 Å². The maximum atomic E-state index is 13.6. The summed E-state index contributed by atoms with van der Waals surface area (Å²) in [5, 5.41) is 2.75. The van der Waals surface area contributed by atoms with Crippen molar-refractivity contribution in [2.45, 2.75) is 20.0 Å². The van der Waals surface area contributed by atoms with Crippen LogP contribution >= 0.6 is 0 Å². The molecular formula is C20H25FN2O3. The molecule has 0 aliphatic rings. The Morgan fingerprint density at radius 2 is 1.77 bits per heavy atom. The Kier molecular flexibility index (Phi) is 6.97. The van der Waals surface area contributed by atoms with Gasteiger partial charge in [0.15, 0.2) is 11.5 Å². The van der Waals surface area contributed by atoms with Crippen molar-refractivity contribution in [1.29, 1.82) is 0 Å². The lowest BCUT2D eigenvalue weighted by molar-refractivity contribution is -0.122. The van der Waals surface area contributed by atoms with E-state index >= 15 is 0 Å². The minimum absolute atomic E-state index is 0.158. The Balaban J connectivity index is 1.92. The number of methoxy groups -OCH3 is 2. The Hall–Kier alpha value is -2.60. The zero-order chi connectivity index (χ0) is 19.1. The molecule has 1 amide bonds. The summed E-state index contributed by atoms with van der Waals surface area (Å²) in [6.45, 7) is 2.96. The Morgan fingerprint density at radius 3 is 2.42 bits per heavy atom. The molecule has 0 aromatic heterocycles. The first-order chi connectivity index (χ1) is 12.4. The van der Waals surface area contributed by atoms with Crippen LogP contribution in [0.5, 0.6) is 11.5 Å². The highest BCUT2D eigenvalue weighted by molar-refractivity contribution is 5.78. The minimum atomic E-state index is -0.317. The molecule has 0 fully saturated rings. The number of ether oxygens (including phenoxy) is 2. The number of aryl methyl sites for hydroxylation is 1. The number of amides is 1. The van der Waals surface area contributed by atoms with Gasteiger partial charge in [-0.15, -0.1) is 0 Å². The summed E-state index contributed by atoms with van der Waals surface area (Å²) in [5.74, 6) is 0.862. The lowest BCUT2D eigenvalue weighted by atomic mass is 10.1. The summed E-state index contributed by atoms with van der Waals surface area (Å²) < 4.78 is 24.2. The van der Waals surface area contributed by atoms with Crippen LogP contribution in [0.3, 0.4) is 0 Å². The van der Waals surface area contributed by atoms with Gasteiger partial charge in [-0.25, -0.2) is 4.39 Å². The highest BCUT2D eigenvalue weighted by atomic mass is 19.1. The van der Waals surface area contributed by atoms with Gasteiger partial charge in [0.2, 0.25) is 5.91 Å². The van der Waals surface area contributed by atoms with E-state index in [1.165, 1.54) is 6.07 Å². The Labute approximate surface area is 153 Å². The summed E-state index contributed by atoms with van der Waals surface area (Å²) >= 11 is 0. The van der Waals surface area contributed by atoms with Crippen LogP contribution < -0.4 is 14.8 Å². The number of nitrogens with zero attached hydrogens (tertiary/aromatic N) is 1. The van der Waals surface area contributed by atoms with Crippen molar-refractivity contribution in [3.63, 3.8) is 0 Å². The molecular weight excluding hydrogens is 335 g/mol. The average molecular weight is 360 g/mol. The van der Waals surface area contributed by atoms with Gasteiger partial charge >= 0.3 is 0 Å². The number of hydrogen-bond acceptors (Lipinski definition) is 4. The topological polar surface area (TPSA) is 50.8 Å². The fourth-order valence-electron chi connectivity index (χ4n) is 2.68. The number of nitrogens with one attached hydrogen (secondary N) is 1. The van der Waals surface area contributed by atoms with Crippen molar-refractivity contribution in [3.8, 4) is 11.5 Å². The van der Waals surface area contributed by atoms with E-state index in [-0.39, 0.29) is 24.8 Å². The normalized spacial score (nSPS) is 10.7. The number of carbonyl (C=O) groups excluding carboxylic acids is 1. The van der Waals surface area contributed by atoms with Crippen molar-refractivity contribution < 1.29 is 18.7 Å². The minimum Gasteiger partial charge on any atom is -0.493 e. The van der Waals surface area contributed by atoms with Crippen LogP contribution in [-0.2, 0) is 17.9 Å². The van der Waals surface area contributed by atoms with Gasteiger partial charge in [-0.3, -0.25) is 9.69 Å². The molecule has 0 spiro atoms. The van der Waals surface area contributed by atoms with Gasteiger partial charge in [-0.05, 0) is 43.3 Å². The van der Waals surface area contributed by atoms with Gasteiger partial charge in [0.25, 0.3) is 0 Å². The molecule has 26 heavy (non-hydrogen) atoms. The molecule has 0 saturated heterocycles. The first-order valence-electron chi connectivity index (χ1n) is 8.34. The molecule has 1 N–H and O–H groups in total. The number of rotatable bonds is 8. The van der Waals surface area contributed by atoms with E-state index in [1.807, 2.05) is 31.0 Å². The molecule has 0 heterocycles. The zero-order valence-electron chi connectivity index (χ0n) is 15.6. The second-order valence-electron chi connectivity index (χ2n) is 6.17. The van der Waals surface area contributed by atoms with Crippen molar-refractivity contribution >= 4 is 5.91 Å². The first-order valence-corrected chi connectivity index (χ1v) is 8.34. The van der Waals surface area contributed by atoms with Crippen molar-refractivity contribution in [3.05, 3.63) is 58.9 Å². The quantitative estimate of drug-likeness (QED) is 0.786. The van der Waals surface area contributed by atoms with Crippen LogP contribution in [0.4, 0.5) is 4.39 Å². The van der Waals surface area contributed by atoms with E-state index in [2.05, 4.69) is 5.32 Å². The summed E-state index contributed by atoms with van der Waals surface area (Å²) in [5.41, 5.74) is 2.58. The summed E-state index contributed by atoms with van der Waals surface area (Å²) in [6, 6.07) is 10.2. The smallest absolute Gasteiger partial charge is 0.234 e. The van der Waals surface area contributed by atoms with Gasteiger partial charge in [-0.1, -0.05) is 18.2 Å². The molecule has 0 saturated carbocycles. The van der Waals surface area contributed by atoms with Gasteiger partial charge in [0, 0.05) is 18.7 Å². The van der Waals surface area contributed by atoms with E-state index < -0.39 is 0 Å². The number of carbonyl (C=O) groups is 1. The molecule has 0 radical (unpaired) electrons. The van der Waals surface area contributed by atoms with Crippen LogP contribution in [0, 0.1) is 12.7 Å². The van der Waals surface area contributed by atoms with E-state index in [0.29, 0.717) is 23.6 Å². The summed E-state index contributed by atoms with van der Waals surface area (Å²) in [7, 11) is 5.05. The fourth-order valence-corrected chi connectivity index (χ4v) is 2.68. The Morgan fingerprint density at radius 1 is 1.12 bits per heavy atom. The molecule has 0 atom stereocenters. The lowest BCUT2D eigenvalue weighted by Gasteiger charge is -2.19. The molecule has 6 heteroatoms. The molecule has 2 rings (SSSR count). The maximum absolute atomic E-state index is 13.6. The molecule has 5 nitrogen and oxygen atoms in total. The molecule has 0 aliphatic carbocycles. The third kappa shape index (κ3) is 5.20. The second-order valence-corrected chi connectivity index (χ2v) is 6.17. The van der Waals surface area contributed by atoms with Crippen LogP contribution in [0.25, 0.3) is 0 Å². The van der Waals surface area contributed by atoms with E-state index in [1.54, 1.807) is 32.4 Å². The van der Waals surface area contributed by atoms with Crippen LogP contribution in [0.1, 0.15) is 16.7 Å². The lowest BCUT2D eigenvalue weighted by Crippen LogP contribution is -2.34. The maximum Gasteiger partial charge on any atom is 0.234 e. The predicted molar refractivity (Wildman–Crippen MR) is 98.9 cm³/mol. The highest BCUT2D eigenvalue weighted by Crippen LogP contribution is 2.30. The molecule has 0 aliphatic heterocycles. The monoisotopic (exact) mass is 360 g/mol. The van der Waals surface area contributed by atoms with Crippen LogP contribution in [0.2, 0.25) is 0 Å². The fraction of sp³-hybridized carbons (Fsp3) is 0.350. The van der Waals surface area contributed by atoms with Gasteiger partial charge < -0.3 is 14.8 Å². The highest BCUT2D eigenvalue weighted by Gasteiger charge is 2.12. The summed E-state index contributed by atoms with van der Waals surface area (Å²) in [6.07, 6.45) is 0. The molecule has 0 unspecified atom stereocenters. The number of likely N-dealkylation sites (N-methyl/N-ethyl adjacent to an activating group) is 1. The van der Waals surface area contributed by atoms with Gasteiger partial charge in [0.1, 0.15) is 5.82 Å². The number of hydrogen-bond donors (Lipinski definition) is 1. The van der Waals surface area contributed by atoms with Crippen molar-refractivity contribution in [2.75, 3.05) is 27.8 Å². The van der Waals surface area contributed by atoms with Gasteiger partial charge in [-0.2, -0.15) is 0 Å². The predicted octanol–water partition coefficient (Wildman–Crippen LogP) is 2.90. The average Bonchev–Trinajstić information content (AvgIpc) is 2.62. The van der Waals surface area contributed by atoms with Gasteiger partial charge in [0.05, 0.1) is 20.8 Å². The van der Waals surface area contributed by atoms with E-state index in [9.17, 15) is 9.18 Å². The SMILES string of the molecule is COc1cc(C)c(CN(C)CC(=O)NCc2ccccc2F)cc1OC. The van der Waals surface area contributed by atoms with E-state index in [4.69, 9.17) is 9.47 Å². The molecule has 140 valence electrons. The number of benzene rings is 2. The first kappa shape index (κ1) is 19.7. The standard InChI is InChI=1S/C20H25FN2O3/c1-14-9-18(25-3)19(26-4)10-16(14)12-23(2)13-20(24)22-11-15-7-5-6-8-17(15)21/h5-10H,11-13H2,1-4H3,(H,22,24). The van der Waals surface area contributed by atoms with Crippen molar-refractivity contribution in [2.24, 2.45) is 0 Å². The van der Waals surface area contributed by atoms with Crippen molar-refractivity contribution in [1.82, 2.24) is 10.2 Å². The van der Waals surface area contributed by atoms with Crippen LogP contribution in [0.15, 0.2) is 36.4 Å². The summed E-state index contributed by atoms with van der Waals surface area (Å²) in [4.78, 5) is 14.0. The number of halogens is 1. The zero-order valence-corrected chi connectivity index (χ0v) is 15.6. The third-order valence-corrected chi connectivity index (χ3v) is 4.13. The largest absolute Gasteiger partial charge is 0.493 e. The second kappa shape index (κ2) is 9.20. The molecule has 0 bridgehead atoms. The molecule has 2 aromatic carbocycles. The third-order valence-electron chi connectivity index (χ3n) is 4.13. The Bertz CT molecular complexity index is 765. The van der Waals surface area contributed by atoms with E-state index in [0.717, 1.165) is 11.1 Å².